The number of rotatable bonds is 5. The molecule has 1 aromatic carbocycles. The first-order valence-electron chi connectivity index (χ1n) is 8.26. The minimum absolute atomic E-state index is 0.0886. The summed E-state index contributed by atoms with van der Waals surface area (Å²) in [5, 5.41) is 9.09. The van der Waals surface area contributed by atoms with Gasteiger partial charge in [-0.05, 0) is 49.6 Å². The molecule has 1 atom stereocenters. The van der Waals surface area contributed by atoms with Crippen molar-refractivity contribution in [3.8, 4) is 5.75 Å². The van der Waals surface area contributed by atoms with Gasteiger partial charge in [0.1, 0.15) is 11.6 Å². The van der Waals surface area contributed by atoms with Crippen LogP contribution in [-0.4, -0.2) is 35.8 Å². The Morgan fingerprint density at radius 3 is 2.96 bits per heavy atom. The highest BCUT2D eigenvalue weighted by Crippen LogP contribution is 2.23. The van der Waals surface area contributed by atoms with E-state index < -0.39 is 5.97 Å². The molecule has 5 heteroatoms. The van der Waals surface area contributed by atoms with Crippen molar-refractivity contribution in [2.45, 2.75) is 19.8 Å². The SMILES string of the molecule is Cc1cccc(OCC2CCCN(c3cccc(C(=O)O)n3)C2)c1. The number of aromatic carboxylic acids is 1. The van der Waals surface area contributed by atoms with E-state index in [1.165, 1.54) is 11.6 Å². The second kappa shape index (κ2) is 7.34. The fourth-order valence-electron chi connectivity index (χ4n) is 3.05. The van der Waals surface area contributed by atoms with Crippen molar-refractivity contribution in [3.05, 3.63) is 53.7 Å². The third kappa shape index (κ3) is 4.04. The van der Waals surface area contributed by atoms with Crippen molar-refractivity contribution in [3.63, 3.8) is 0 Å². The summed E-state index contributed by atoms with van der Waals surface area (Å²) in [6.45, 7) is 4.45. The van der Waals surface area contributed by atoms with E-state index >= 15 is 0 Å². The molecule has 2 heterocycles. The maximum absolute atomic E-state index is 11.1. The van der Waals surface area contributed by atoms with E-state index in [1.807, 2.05) is 24.3 Å². The zero-order valence-corrected chi connectivity index (χ0v) is 13.8. The standard InChI is InChI=1S/C19H22N2O3/c1-14-5-2-7-16(11-14)24-13-15-6-4-10-21(12-15)18-9-3-8-17(20-18)19(22)23/h2-3,5,7-9,11,15H,4,6,10,12-13H2,1H3,(H,22,23). The number of carboxylic acids is 1. The first-order chi connectivity index (χ1) is 11.6. The van der Waals surface area contributed by atoms with Gasteiger partial charge >= 0.3 is 5.97 Å². The lowest BCUT2D eigenvalue weighted by Crippen LogP contribution is -2.38. The second-order valence-corrected chi connectivity index (χ2v) is 6.27. The van der Waals surface area contributed by atoms with Crippen LogP contribution in [0.25, 0.3) is 0 Å². The smallest absolute Gasteiger partial charge is 0.354 e. The van der Waals surface area contributed by atoms with E-state index in [0.717, 1.165) is 37.5 Å². The minimum Gasteiger partial charge on any atom is -0.493 e. The van der Waals surface area contributed by atoms with Crippen LogP contribution in [0.15, 0.2) is 42.5 Å². The summed E-state index contributed by atoms with van der Waals surface area (Å²) in [7, 11) is 0. The van der Waals surface area contributed by atoms with Crippen molar-refractivity contribution in [2.75, 3.05) is 24.6 Å². The van der Waals surface area contributed by atoms with Gasteiger partial charge in [0, 0.05) is 19.0 Å². The summed E-state index contributed by atoms with van der Waals surface area (Å²) in [4.78, 5) is 17.5. The second-order valence-electron chi connectivity index (χ2n) is 6.27. The normalized spacial score (nSPS) is 17.5. The van der Waals surface area contributed by atoms with Gasteiger partial charge in [-0.15, -0.1) is 0 Å². The lowest BCUT2D eigenvalue weighted by atomic mass is 9.99. The van der Waals surface area contributed by atoms with Gasteiger partial charge in [0.15, 0.2) is 5.69 Å². The quantitative estimate of drug-likeness (QED) is 0.912. The van der Waals surface area contributed by atoms with Gasteiger partial charge in [0.25, 0.3) is 0 Å². The lowest BCUT2D eigenvalue weighted by molar-refractivity contribution is 0.0690. The lowest BCUT2D eigenvalue weighted by Gasteiger charge is -2.33. The fraction of sp³-hybridized carbons (Fsp3) is 0.368. The van der Waals surface area contributed by atoms with Crippen molar-refractivity contribution in [2.24, 2.45) is 5.92 Å². The molecule has 0 radical (unpaired) electrons. The Kier molecular flexibility index (Phi) is 4.99. The van der Waals surface area contributed by atoms with E-state index in [4.69, 9.17) is 9.84 Å². The molecular weight excluding hydrogens is 304 g/mol. The number of aromatic nitrogens is 1. The first-order valence-corrected chi connectivity index (χ1v) is 8.26. The summed E-state index contributed by atoms with van der Waals surface area (Å²) in [5.41, 5.74) is 1.28. The van der Waals surface area contributed by atoms with Crippen LogP contribution in [0.2, 0.25) is 0 Å². The highest BCUT2D eigenvalue weighted by molar-refractivity contribution is 5.85. The molecule has 1 aromatic heterocycles. The number of carbonyl (C=O) groups is 1. The third-order valence-corrected chi connectivity index (χ3v) is 4.27. The molecule has 1 unspecified atom stereocenters. The number of piperidine rings is 1. The van der Waals surface area contributed by atoms with Crippen molar-refractivity contribution in [1.82, 2.24) is 4.98 Å². The zero-order valence-electron chi connectivity index (χ0n) is 13.8. The van der Waals surface area contributed by atoms with Crippen molar-refractivity contribution in [1.29, 1.82) is 0 Å². The fourth-order valence-corrected chi connectivity index (χ4v) is 3.05. The molecule has 0 saturated carbocycles. The number of aryl methyl sites for hydroxylation is 1. The van der Waals surface area contributed by atoms with Crippen LogP contribution in [0.5, 0.6) is 5.75 Å². The van der Waals surface area contributed by atoms with Crippen LogP contribution in [0.1, 0.15) is 28.9 Å². The largest absolute Gasteiger partial charge is 0.493 e. The van der Waals surface area contributed by atoms with Gasteiger partial charge in [0.05, 0.1) is 6.61 Å². The topological polar surface area (TPSA) is 62.7 Å². The minimum atomic E-state index is -0.992. The Bertz CT molecular complexity index is 717. The summed E-state index contributed by atoms with van der Waals surface area (Å²) >= 11 is 0. The molecule has 0 bridgehead atoms. The van der Waals surface area contributed by atoms with E-state index in [2.05, 4.69) is 22.9 Å². The van der Waals surface area contributed by atoms with Gasteiger partial charge in [-0.25, -0.2) is 9.78 Å². The van der Waals surface area contributed by atoms with Gasteiger partial charge < -0.3 is 14.7 Å². The maximum atomic E-state index is 11.1. The molecule has 1 aliphatic rings. The number of nitrogens with zero attached hydrogens (tertiary/aromatic N) is 2. The van der Waals surface area contributed by atoms with Crippen molar-refractivity contribution >= 4 is 11.8 Å². The van der Waals surface area contributed by atoms with Gasteiger partial charge in [-0.2, -0.15) is 0 Å². The van der Waals surface area contributed by atoms with E-state index in [9.17, 15) is 4.79 Å². The highest BCUT2D eigenvalue weighted by Gasteiger charge is 2.22. The molecule has 3 rings (SSSR count). The molecular formula is C19H22N2O3. The van der Waals surface area contributed by atoms with Crippen LogP contribution in [-0.2, 0) is 0 Å². The monoisotopic (exact) mass is 326 g/mol. The Hall–Kier alpha value is -2.56. The number of anilines is 1. The summed E-state index contributed by atoms with van der Waals surface area (Å²) in [5.74, 6) is 1.05. The number of pyridine rings is 1. The predicted molar refractivity (Wildman–Crippen MR) is 92.8 cm³/mol. The van der Waals surface area contributed by atoms with Gasteiger partial charge in [-0.1, -0.05) is 18.2 Å². The van der Waals surface area contributed by atoms with Crippen LogP contribution in [0.4, 0.5) is 5.82 Å². The summed E-state index contributed by atoms with van der Waals surface area (Å²) < 4.78 is 5.93. The number of hydrogen-bond donors (Lipinski definition) is 1. The first kappa shape index (κ1) is 16.3. The van der Waals surface area contributed by atoms with Gasteiger partial charge in [-0.3, -0.25) is 0 Å². The Morgan fingerprint density at radius 2 is 2.17 bits per heavy atom. The van der Waals surface area contributed by atoms with Crippen LogP contribution in [0, 0.1) is 12.8 Å². The Morgan fingerprint density at radius 1 is 1.33 bits per heavy atom. The number of benzene rings is 1. The molecule has 1 N–H and O–H groups in total. The van der Waals surface area contributed by atoms with E-state index in [0.29, 0.717) is 12.5 Å². The summed E-state index contributed by atoms with van der Waals surface area (Å²) in [6, 6.07) is 13.2. The molecule has 1 aliphatic heterocycles. The molecule has 5 nitrogen and oxygen atoms in total. The molecule has 0 spiro atoms. The molecule has 2 aromatic rings. The highest BCUT2D eigenvalue weighted by atomic mass is 16.5. The predicted octanol–water partition coefficient (Wildman–Crippen LogP) is 3.38. The number of carboxylic acid groups (broad SMARTS) is 1. The van der Waals surface area contributed by atoms with Crippen molar-refractivity contribution < 1.29 is 14.6 Å². The molecule has 126 valence electrons. The van der Waals surface area contributed by atoms with E-state index in [1.54, 1.807) is 6.07 Å². The molecule has 0 aliphatic carbocycles. The zero-order chi connectivity index (χ0) is 16.9. The molecule has 1 saturated heterocycles. The average Bonchev–Trinajstić information content (AvgIpc) is 2.60. The van der Waals surface area contributed by atoms with Crippen LogP contribution < -0.4 is 9.64 Å². The third-order valence-electron chi connectivity index (χ3n) is 4.27. The Labute approximate surface area is 141 Å². The molecule has 0 amide bonds. The van der Waals surface area contributed by atoms with Gasteiger partial charge in [0.2, 0.25) is 0 Å². The Balaban J connectivity index is 1.62. The van der Waals surface area contributed by atoms with Crippen LogP contribution >= 0.6 is 0 Å². The maximum Gasteiger partial charge on any atom is 0.354 e. The molecule has 1 fully saturated rings. The average molecular weight is 326 g/mol. The van der Waals surface area contributed by atoms with E-state index in [-0.39, 0.29) is 5.69 Å². The summed E-state index contributed by atoms with van der Waals surface area (Å²) in [6.07, 6.45) is 2.17. The molecule has 24 heavy (non-hydrogen) atoms. The van der Waals surface area contributed by atoms with Crippen LogP contribution in [0.3, 0.4) is 0 Å². The number of ether oxygens (including phenoxy) is 1. The number of hydrogen-bond acceptors (Lipinski definition) is 4.